The molecule has 0 aliphatic rings. The summed E-state index contributed by atoms with van der Waals surface area (Å²) in [6, 6.07) is 3.75. The molecule has 0 heterocycles. The zero-order valence-corrected chi connectivity index (χ0v) is 10.2. The second-order valence-electron chi connectivity index (χ2n) is 3.45. The predicted octanol–water partition coefficient (Wildman–Crippen LogP) is 1.15. The van der Waals surface area contributed by atoms with E-state index < -0.39 is 22.7 Å². The molecular weight excluding hydrogens is 271 g/mol. The van der Waals surface area contributed by atoms with Gasteiger partial charge >= 0.3 is 6.18 Å². The van der Waals surface area contributed by atoms with Crippen LogP contribution in [0.3, 0.4) is 0 Å². The Labute approximate surface area is 102 Å². The highest BCUT2D eigenvalue weighted by molar-refractivity contribution is 7.89. The van der Waals surface area contributed by atoms with Gasteiger partial charge in [0.1, 0.15) is 11.4 Å². The zero-order chi connectivity index (χ0) is 14.0. The number of nitrogens with one attached hydrogen (secondary N) is 2. The van der Waals surface area contributed by atoms with Crippen LogP contribution in [0.25, 0.3) is 0 Å². The molecule has 0 aromatic heterocycles. The fourth-order valence-corrected chi connectivity index (χ4v) is 2.44. The second kappa shape index (κ2) is 5.02. The SMILES string of the molecule is CNc1cc(N)ccc1S(=O)(=O)NCC(F)(F)F. The van der Waals surface area contributed by atoms with Gasteiger partial charge in [-0.25, -0.2) is 13.1 Å². The van der Waals surface area contributed by atoms with Crippen molar-refractivity contribution in [2.45, 2.75) is 11.1 Å². The molecule has 0 saturated heterocycles. The van der Waals surface area contributed by atoms with E-state index in [0.29, 0.717) is 5.69 Å². The molecule has 18 heavy (non-hydrogen) atoms. The van der Waals surface area contributed by atoms with Gasteiger partial charge in [0, 0.05) is 12.7 Å². The number of anilines is 2. The van der Waals surface area contributed by atoms with E-state index in [-0.39, 0.29) is 10.6 Å². The average Bonchev–Trinajstić information content (AvgIpc) is 2.25. The van der Waals surface area contributed by atoms with E-state index in [1.807, 2.05) is 0 Å². The van der Waals surface area contributed by atoms with Crippen molar-refractivity contribution in [1.82, 2.24) is 4.72 Å². The summed E-state index contributed by atoms with van der Waals surface area (Å²) in [5, 5.41) is 2.56. The van der Waals surface area contributed by atoms with Crippen molar-refractivity contribution in [3.8, 4) is 0 Å². The highest BCUT2D eigenvalue weighted by Crippen LogP contribution is 2.24. The minimum atomic E-state index is -4.61. The lowest BCUT2D eigenvalue weighted by atomic mass is 10.3. The molecule has 0 amide bonds. The minimum absolute atomic E-state index is 0.129. The third-order valence-electron chi connectivity index (χ3n) is 2.03. The number of sulfonamides is 1. The zero-order valence-electron chi connectivity index (χ0n) is 9.38. The minimum Gasteiger partial charge on any atom is -0.399 e. The Morgan fingerprint density at radius 3 is 2.44 bits per heavy atom. The first-order valence-corrected chi connectivity index (χ1v) is 6.28. The van der Waals surface area contributed by atoms with Gasteiger partial charge in [-0.15, -0.1) is 0 Å². The van der Waals surface area contributed by atoms with Gasteiger partial charge in [0.15, 0.2) is 0 Å². The van der Waals surface area contributed by atoms with Crippen LogP contribution in [0.1, 0.15) is 0 Å². The largest absolute Gasteiger partial charge is 0.402 e. The van der Waals surface area contributed by atoms with Crippen LogP contribution in [0.2, 0.25) is 0 Å². The molecule has 0 fully saturated rings. The van der Waals surface area contributed by atoms with Crippen LogP contribution in [-0.2, 0) is 10.0 Å². The summed E-state index contributed by atoms with van der Waals surface area (Å²) in [5.74, 6) is 0. The van der Waals surface area contributed by atoms with Gasteiger partial charge in [0.2, 0.25) is 10.0 Å². The maximum Gasteiger partial charge on any atom is 0.402 e. The van der Waals surface area contributed by atoms with Crippen molar-refractivity contribution in [2.24, 2.45) is 0 Å². The van der Waals surface area contributed by atoms with E-state index in [4.69, 9.17) is 5.73 Å². The molecule has 0 saturated carbocycles. The highest BCUT2D eigenvalue weighted by atomic mass is 32.2. The number of rotatable bonds is 4. The number of halogens is 3. The Bertz CT molecular complexity index is 528. The average molecular weight is 283 g/mol. The van der Waals surface area contributed by atoms with Gasteiger partial charge in [-0.05, 0) is 18.2 Å². The highest BCUT2D eigenvalue weighted by Gasteiger charge is 2.30. The van der Waals surface area contributed by atoms with Crippen LogP contribution < -0.4 is 15.8 Å². The van der Waals surface area contributed by atoms with Crippen molar-refractivity contribution >= 4 is 21.4 Å². The van der Waals surface area contributed by atoms with Crippen LogP contribution >= 0.6 is 0 Å². The second-order valence-corrected chi connectivity index (χ2v) is 5.18. The third kappa shape index (κ3) is 3.77. The summed E-state index contributed by atoms with van der Waals surface area (Å²) in [5.41, 5.74) is 5.88. The van der Waals surface area contributed by atoms with E-state index in [2.05, 4.69) is 5.32 Å². The Morgan fingerprint density at radius 2 is 1.94 bits per heavy atom. The molecule has 1 rings (SSSR count). The topological polar surface area (TPSA) is 84.2 Å². The molecule has 9 heteroatoms. The molecule has 0 unspecified atom stereocenters. The third-order valence-corrected chi connectivity index (χ3v) is 3.48. The molecular formula is C9H12F3N3O2S. The van der Waals surface area contributed by atoms with Gasteiger partial charge in [-0.3, -0.25) is 0 Å². The van der Waals surface area contributed by atoms with E-state index in [9.17, 15) is 21.6 Å². The number of hydrogen-bond donors (Lipinski definition) is 3. The summed E-state index contributed by atoms with van der Waals surface area (Å²) in [4.78, 5) is -0.288. The fourth-order valence-electron chi connectivity index (χ4n) is 1.23. The predicted molar refractivity (Wildman–Crippen MR) is 61.6 cm³/mol. The van der Waals surface area contributed by atoms with Crippen LogP contribution in [0.4, 0.5) is 24.5 Å². The molecule has 0 spiro atoms. The first kappa shape index (κ1) is 14.6. The van der Waals surface area contributed by atoms with Crippen molar-refractivity contribution in [3.05, 3.63) is 18.2 Å². The number of hydrogen-bond acceptors (Lipinski definition) is 4. The van der Waals surface area contributed by atoms with Crippen LogP contribution in [0.5, 0.6) is 0 Å². The summed E-state index contributed by atoms with van der Waals surface area (Å²) in [6.07, 6.45) is -4.61. The number of benzene rings is 1. The van der Waals surface area contributed by atoms with Gasteiger partial charge in [-0.2, -0.15) is 13.2 Å². The lowest BCUT2D eigenvalue weighted by Gasteiger charge is -2.13. The monoisotopic (exact) mass is 283 g/mol. The van der Waals surface area contributed by atoms with E-state index in [1.54, 1.807) is 0 Å². The molecule has 0 aliphatic carbocycles. The van der Waals surface area contributed by atoms with Crippen molar-refractivity contribution in [3.63, 3.8) is 0 Å². The number of alkyl halides is 3. The number of nitrogen functional groups attached to an aromatic ring is 1. The van der Waals surface area contributed by atoms with Gasteiger partial charge in [0.25, 0.3) is 0 Å². The molecule has 0 aliphatic heterocycles. The molecule has 4 N–H and O–H groups in total. The quantitative estimate of drug-likeness (QED) is 0.724. The maximum atomic E-state index is 12.0. The Hall–Kier alpha value is -1.48. The lowest BCUT2D eigenvalue weighted by Crippen LogP contribution is -2.34. The molecule has 102 valence electrons. The normalized spacial score (nSPS) is 12.4. The van der Waals surface area contributed by atoms with Crippen LogP contribution in [-0.4, -0.2) is 28.2 Å². The Kier molecular flexibility index (Phi) is 4.07. The summed E-state index contributed by atoms with van der Waals surface area (Å²) < 4.78 is 60.8. The summed E-state index contributed by atoms with van der Waals surface area (Å²) >= 11 is 0. The standard InChI is InChI=1S/C9H12F3N3O2S/c1-14-7-4-6(13)2-3-8(7)18(16,17)15-5-9(10,11)12/h2-4,14-15H,5,13H2,1H3. The van der Waals surface area contributed by atoms with Crippen LogP contribution in [0, 0.1) is 0 Å². The molecule has 0 atom stereocenters. The Morgan fingerprint density at radius 1 is 1.33 bits per heavy atom. The molecule has 5 nitrogen and oxygen atoms in total. The summed E-state index contributed by atoms with van der Waals surface area (Å²) in [7, 11) is -2.80. The summed E-state index contributed by atoms with van der Waals surface area (Å²) in [6.45, 7) is -1.62. The Balaban J connectivity index is 3.05. The fraction of sp³-hybridized carbons (Fsp3) is 0.333. The van der Waals surface area contributed by atoms with E-state index >= 15 is 0 Å². The van der Waals surface area contributed by atoms with Gasteiger partial charge in [0.05, 0.1) is 5.69 Å². The van der Waals surface area contributed by atoms with Crippen molar-refractivity contribution in [2.75, 3.05) is 24.6 Å². The van der Waals surface area contributed by atoms with Crippen molar-refractivity contribution < 1.29 is 21.6 Å². The van der Waals surface area contributed by atoms with Crippen LogP contribution in [0.15, 0.2) is 23.1 Å². The van der Waals surface area contributed by atoms with Gasteiger partial charge < -0.3 is 11.1 Å². The maximum absolute atomic E-state index is 12.0. The molecule has 0 radical (unpaired) electrons. The smallest absolute Gasteiger partial charge is 0.399 e. The molecule has 1 aromatic rings. The lowest BCUT2D eigenvalue weighted by molar-refractivity contribution is -0.121. The van der Waals surface area contributed by atoms with Gasteiger partial charge in [-0.1, -0.05) is 0 Å². The molecule has 1 aromatic carbocycles. The number of nitrogens with two attached hydrogens (primary N) is 1. The van der Waals surface area contributed by atoms with E-state index in [1.165, 1.54) is 23.9 Å². The first-order valence-electron chi connectivity index (χ1n) is 4.79. The van der Waals surface area contributed by atoms with Crippen molar-refractivity contribution in [1.29, 1.82) is 0 Å². The molecule has 0 bridgehead atoms. The van der Waals surface area contributed by atoms with E-state index in [0.717, 1.165) is 6.07 Å². The first-order chi connectivity index (χ1) is 8.15.